The van der Waals surface area contributed by atoms with Crippen LogP contribution in [0.4, 0.5) is 14.4 Å². The maximum Gasteiger partial charge on any atom is 0.508 e. The van der Waals surface area contributed by atoms with Crippen molar-refractivity contribution in [3.05, 3.63) is 0 Å². The third-order valence-corrected chi connectivity index (χ3v) is 2.55. The average molecular weight is 384 g/mol. The third-order valence-electron chi connectivity index (χ3n) is 2.55. The fraction of sp³-hybridized carbons (Fsp3) is 0.786. The second-order valence-electron chi connectivity index (χ2n) is 5.14. The minimum Gasteiger partial charge on any atom is -0.433 e. The van der Waals surface area contributed by atoms with Crippen LogP contribution in [0.3, 0.4) is 0 Å². The lowest BCUT2D eigenvalue weighted by atomic mass is 9.94. The molecule has 0 rings (SSSR count). The van der Waals surface area contributed by atoms with Crippen molar-refractivity contribution >= 4 is 18.5 Å². The largest absolute Gasteiger partial charge is 0.508 e. The van der Waals surface area contributed by atoms with Crippen molar-refractivity contribution in [2.24, 2.45) is 5.41 Å². The van der Waals surface area contributed by atoms with Crippen molar-refractivity contribution < 1.29 is 58.1 Å². The second-order valence-corrected chi connectivity index (χ2v) is 5.14. The van der Waals surface area contributed by atoms with Crippen molar-refractivity contribution in [1.29, 1.82) is 0 Å². The van der Waals surface area contributed by atoms with E-state index in [2.05, 4.69) is 14.2 Å². The smallest absolute Gasteiger partial charge is 0.433 e. The van der Waals surface area contributed by atoms with E-state index >= 15 is 0 Å². The molecule has 0 fully saturated rings. The van der Waals surface area contributed by atoms with Crippen LogP contribution in [0.1, 0.15) is 6.92 Å². The summed E-state index contributed by atoms with van der Waals surface area (Å²) in [7, 11) is 0. The fourth-order valence-electron chi connectivity index (χ4n) is 1.34. The van der Waals surface area contributed by atoms with Crippen LogP contribution in [0, 0.1) is 5.41 Å². The molecule has 0 atom stereocenters. The number of aliphatic hydroxyl groups is 3. The third kappa shape index (κ3) is 12.1. The summed E-state index contributed by atoms with van der Waals surface area (Å²) in [5.41, 5.74) is -1.17. The van der Waals surface area contributed by atoms with Gasteiger partial charge in [-0.05, 0) is 6.92 Å². The molecule has 3 N–H and O–H groups in total. The van der Waals surface area contributed by atoms with Crippen molar-refractivity contribution in [3.63, 3.8) is 0 Å². The van der Waals surface area contributed by atoms with Gasteiger partial charge in [0, 0.05) is 0 Å². The lowest BCUT2D eigenvalue weighted by Crippen LogP contribution is -2.37. The van der Waals surface area contributed by atoms with Gasteiger partial charge in [0.15, 0.2) is 0 Å². The van der Waals surface area contributed by atoms with E-state index in [-0.39, 0.29) is 59.5 Å². The zero-order chi connectivity index (χ0) is 19.8. The molecule has 0 aromatic rings. The summed E-state index contributed by atoms with van der Waals surface area (Å²) in [6, 6.07) is 0. The molecule has 0 unspecified atom stereocenters. The first-order valence-corrected chi connectivity index (χ1v) is 7.58. The molecule has 0 aromatic heterocycles. The van der Waals surface area contributed by atoms with Gasteiger partial charge in [-0.1, -0.05) is 0 Å². The Kier molecular flexibility index (Phi) is 12.7. The predicted octanol–water partition coefficient (Wildman–Crippen LogP) is -0.571. The zero-order valence-electron chi connectivity index (χ0n) is 14.4. The first-order chi connectivity index (χ1) is 12.4. The Labute approximate surface area is 149 Å². The van der Waals surface area contributed by atoms with E-state index in [4.69, 9.17) is 29.5 Å². The van der Waals surface area contributed by atoms with Gasteiger partial charge >= 0.3 is 18.5 Å². The van der Waals surface area contributed by atoms with Gasteiger partial charge in [-0.2, -0.15) is 0 Å². The molecule has 152 valence electrons. The van der Waals surface area contributed by atoms with Gasteiger partial charge in [-0.3, -0.25) is 0 Å². The highest BCUT2D eigenvalue weighted by Gasteiger charge is 2.31. The number of rotatable bonds is 12. The molecular weight excluding hydrogens is 360 g/mol. The normalized spacial score (nSPS) is 10.6. The summed E-state index contributed by atoms with van der Waals surface area (Å²) >= 11 is 0. The van der Waals surface area contributed by atoms with E-state index in [0.29, 0.717) is 0 Å². The minimum atomic E-state index is -1.17. The zero-order valence-corrected chi connectivity index (χ0v) is 14.4. The quantitative estimate of drug-likeness (QED) is 0.290. The van der Waals surface area contributed by atoms with Crippen LogP contribution in [0.2, 0.25) is 0 Å². The maximum atomic E-state index is 11.3. The highest BCUT2D eigenvalue weighted by molar-refractivity contribution is 5.61. The molecule has 0 aliphatic carbocycles. The Balaban J connectivity index is 4.60. The number of hydrogen-bond donors (Lipinski definition) is 3. The van der Waals surface area contributed by atoms with Crippen molar-refractivity contribution in [3.8, 4) is 0 Å². The Morgan fingerprint density at radius 1 is 0.615 bits per heavy atom. The highest BCUT2D eigenvalue weighted by atomic mass is 16.7. The molecule has 0 aliphatic rings. The fourth-order valence-corrected chi connectivity index (χ4v) is 1.34. The van der Waals surface area contributed by atoms with Gasteiger partial charge in [0.1, 0.15) is 39.6 Å². The first-order valence-electron chi connectivity index (χ1n) is 7.58. The van der Waals surface area contributed by atoms with Crippen molar-refractivity contribution in [2.75, 3.05) is 59.5 Å². The summed E-state index contributed by atoms with van der Waals surface area (Å²) in [5.74, 6) is 0. The van der Waals surface area contributed by atoms with Crippen LogP contribution in [-0.2, 0) is 28.4 Å². The molecule has 0 bridgehead atoms. The number of carbonyl (C=O) groups is 3. The first kappa shape index (κ1) is 23.7. The van der Waals surface area contributed by atoms with Gasteiger partial charge in [-0.25, -0.2) is 14.4 Å². The molecule has 0 aromatic carbocycles. The number of carbonyl (C=O) groups excluding carboxylic acids is 3. The van der Waals surface area contributed by atoms with Gasteiger partial charge in [0.2, 0.25) is 0 Å². The standard InChI is InChI=1S/C14H24O12/c1-14(8-24-11(18)21-5-2-15,9-25-12(19)22-6-3-16)10-26-13(20)23-7-4-17/h15-17H,2-10H2,1H3. The van der Waals surface area contributed by atoms with Crippen molar-refractivity contribution in [1.82, 2.24) is 0 Å². The number of hydrogen-bond acceptors (Lipinski definition) is 12. The van der Waals surface area contributed by atoms with Gasteiger partial charge in [-0.15, -0.1) is 0 Å². The second kappa shape index (κ2) is 13.9. The lowest BCUT2D eigenvalue weighted by Gasteiger charge is -2.27. The molecular formula is C14H24O12. The molecule has 12 nitrogen and oxygen atoms in total. The average Bonchev–Trinajstić information content (AvgIpc) is 2.64. The molecule has 0 heterocycles. The summed E-state index contributed by atoms with van der Waals surface area (Å²) in [6.07, 6.45) is -3.22. The number of aliphatic hydroxyl groups excluding tert-OH is 3. The predicted molar refractivity (Wildman–Crippen MR) is 81.3 cm³/mol. The Morgan fingerprint density at radius 2 is 0.885 bits per heavy atom. The Hall–Kier alpha value is -2.31. The molecule has 0 spiro atoms. The van der Waals surface area contributed by atoms with Gasteiger partial charge in [0.25, 0.3) is 0 Å². The molecule has 0 aliphatic heterocycles. The van der Waals surface area contributed by atoms with Gasteiger partial charge in [0.05, 0.1) is 25.2 Å². The molecule has 0 saturated heterocycles. The van der Waals surface area contributed by atoms with Crippen LogP contribution in [0.25, 0.3) is 0 Å². The summed E-state index contributed by atoms with van der Waals surface area (Å²) < 4.78 is 28.0. The maximum absolute atomic E-state index is 11.3. The van der Waals surface area contributed by atoms with Crippen LogP contribution in [0.5, 0.6) is 0 Å². The van der Waals surface area contributed by atoms with E-state index in [1.807, 2.05) is 0 Å². The van der Waals surface area contributed by atoms with E-state index in [1.165, 1.54) is 6.92 Å². The van der Waals surface area contributed by atoms with Crippen LogP contribution >= 0.6 is 0 Å². The molecule has 12 heteroatoms. The summed E-state index contributed by atoms with van der Waals surface area (Å²) in [5, 5.41) is 25.7. The Bertz CT molecular complexity index is 364. The van der Waals surface area contributed by atoms with E-state index in [9.17, 15) is 14.4 Å². The van der Waals surface area contributed by atoms with Crippen molar-refractivity contribution in [2.45, 2.75) is 6.92 Å². The van der Waals surface area contributed by atoms with Crippen LogP contribution < -0.4 is 0 Å². The van der Waals surface area contributed by atoms with Gasteiger partial charge < -0.3 is 43.7 Å². The lowest BCUT2D eigenvalue weighted by molar-refractivity contribution is -0.0495. The van der Waals surface area contributed by atoms with E-state index in [1.54, 1.807) is 0 Å². The topological polar surface area (TPSA) is 167 Å². The number of ether oxygens (including phenoxy) is 6. The summed E-state index contributed by atoms with van der Waals surface area (Å²) in [6.45, 7) is -1.54. The minimum absolute atomic E-state index is 0.260. The monoisotopic (exact) mass is 384 g/mol. The highest BCUT2D eigenvalue weighted by Crippen LogP contribution is 2.19. The van der Waals surface area contributed by atoms with E-state index in [0.717, 1.165) is 0 Å². The molecule has 26 heavy (non-hydrogen) atoms. The van der Waals surface area contributed by atoms with E-state index < -0.39 is 23.9 Å². The Morgan fingerprint density at radius 3 is 1.12 bits per heavy atom. The molecule has 0 radical (unpaired) electrons. The molecule has 0 saturated carbocycles. The molecule has 0 amide bonds. The van der Waals surface area contributed by atoms with Crippen LogP contribution in [0.15, 0.2) is 0 Å². The summed E-state index contributed by atoms with van der Waals surface area (Å²) in [4.78, 5) is 34.0. The SMILES string of the molecule is CC(COC(=O)OCCO)(COC(=O)OCCO)COC(=O)OCCO. The van der Waals surface area contributed by atoms with Crippen LogP contribution in [-0.4, -0.2) is 93.2 Å².